The third kappa shape index (κ3) is 4.20. The van der Waals surface area contributed by atoms with Gasteiger partial charge in [-0.15, -0.1) is 0 Å². The molecule has 3 rings (SSSR count). The molecule has 0 aliphatic rings. The first kappa shape index (κ1) is 17.9. The minimum absolute atomic E-state index is 0.189. The van der Waals surface area contributed by atoms with Gasteiger partial charge in [-0.25, -0.2) is 0 Å². The lowest BCUT2D eigenvalue weighted by Gasteiger charge is -2.16. The first-order valence-electron chi connectivity index (χ1n) is 7.69. The highest BCUT2D eigenvalue weighted by Crippen LogP contribution is 2.29. The van der Waals surface area contributed by atoms with Crippen LogP contribution in [0.4, 0.5) is 22.7 Å². The van der Waals surface area contributed by atoms with Crippen molar-refractivity contribution in [3.63, 3.8) is 0 Å². The maximum absolute atomic E-state index is 11.1. The third-order valence-electron chi connectivity index (χ3n) is 3.68. The molecule has 4 N–H and O–H groups in total. The molecule has 6 nitrogen and oxygen atoms in total. The molecule has 2 radical (unpaired) electrons. The molecule has 3 aromatic rings. The highest BCUT2D eigenvalue weighted by Gasteiger charge is 2.11. The summed E-state index contributed by atoms with van der Waals surface area (Å²) < 4.78 is 31.2. The van der Waals surface area contributed by atoms with Gasteiger partial charge in [0.2, 0.25) is 0 Å². The molecule has 0 heterocycles. The van der Waals surface area contributed by atoms with Gasteiger partial charge in [-0.05, 0) is 48.5 Å². The van der Waals surface area contributed by atoms with Crippen molar-refractivity contribution in [1.29, 1.82) is 0 Å². The number of aliphatic hydroxyl groups excluding tert-OH is 1. The monoisotopic (exact) mass is 368 g/mol. The summed E-state index contributed by atoms with van der Waals surface area (Å²) in [7, 11) is -4.23. The fourth-order valence-electron chi connectivity index (χ4n) is 2.40. The van der Waals surface area contributed by atoms with Crippen LogP contribution in [-0.2, 0) is 16.7 Å². The highest BCUT2D eigenvalue weighted by molar-refractivity contribution is 7.85. The largest absolute Gasteiger partial charge is 0.392 e. The molecule has 0 atom stereocenters. The lowest BCUT2D eigenvalue weighted by atomic mass is 10.1. The van der Waals surface area contributed by atoms with Gasteiger partial charge in [0, 0.05) is 28.7 Å². The zero-order valence-corrected chi connectivity index (χ0v) is 14.4. The van der Waals surface area contributed by atoms with E-state index in [0.717, 1.165) is 11.4 Å². The van der Waals surface area contributed by atoms with Crippen LogP contribution < -0.4 is 10.6 Å². The van der Waals surface area contributed by atoms with Gasteiger partial charge >= 0.3 is 0 Å². The van der Waals surface area contributed by atoms with E-state index in [0.29, 0.717) is 16.9 Å². The normalized spacial score (nSPS) is 11.2. The summed E-state index contributed by atoms with van der Waals surface area (Å²) in [4.78, 5) is -0.189. The molecule has 0 fully saturated rings. The van der Waals surface area contributed by atoms with E-state index < -0.39 is 10.1 Å². The van der Waals surface area contributed by atoms with Crippen molar-refractivity contribution in [2.75, 3.05) is 10.6 Å². The Morgan fingerprint density at radius 3 is 2.15 bits per heavy atom. The smallest absolute Gasteiger partial charge is 0.294 e. The number of benzene rings is 3. The van der Waals surface area contributed by atoms with E-state index in [4.69, 9.17) is 4.55 Å². The molecule has 0 bridgehead atoms. The zero-order valence-electron chi connectivity index (χ0n) is 13.6. The molecule has 0 amide bonds. The number of anilines is 4. The van der Waals surface area contributed by atoms with E-state index in [-0.39, 0.29) is 11.5 Å². The van der Waals surface area contributed by atoms with Gasteiger partial charge in [0.05, 0.1) is 17.2 Å². The van der Waals surface area contributed by atoms with Crippen molar-refractivity contribution in [2.24, 2.45) is 0 Å². The Labute approximate surface area is 151 Å². The predicted molar refractivity (Wildman–Crippen MR) is 99.3 cm³/mol. The summed E-state index contributed by atoms with van der Waals surface area (Å²) in [5, 5.41) is 16.1. The number of aliphatic hydroxyl groups is 1. The quantitative estimate of drug-likeness (QED) is 0.497. The maximum atomic E-state index is 11.1. The van der Waals surface area contributed by atoms with Crippen LogP contribution in [0.1, 0.15) is 5.56 Å². The van der Waals surface area contributed by atoms with E-state index in [1.807, 2.05) is 12.1 Å². The summed E-state index contributed by atoms with van der Waals surface area (Å²) in [6.45, 7) is -0.218. The molecule has 0 aliphatic heterocycles. The van der Waals surface area contributed by atoms with Crippen molar-refractivity contribution < 1.29 is 18.1 Å². The van der Waals surface area contributed by atoms with Crippen molar-refractivity contribution >= 4 is 32.9 Å². The fourth-order valence-corrected chi connectivity index (χ4v) is 2.88. The molecular formula is C19H16N2O4S. The summed E-state index contributed by atoms with van der Waals surface area (Å²) in [6, 6.07) is 22.4. The van der Waals surface area contributed by atoms with Gasteiger partial charge in [0.15, 0.2) is 0 Å². The van der Waals surface area contributed by atoms with Crippen LogP contribution in [0.5, 0.6) is 0 Å². The summed E-state index contributed by atoms with van der Waals surface area (Å²) >= 11 is 0. The molecule has 132 valence electrons. The first-order valence-corrected chi connectivity index (χ1v) is 9.13. The van der Waals surface area contributed by atoms with Crippen molar-refractivity contribution in [3.8, 4) is 0 Å². The van der Waals surface area contributed by atoms with E-state index in [1.165, 1.54) is 24.3 Å². The Morgan fingerprint density at radius 1 is 0.885 bits per heavy atom. The Balaban J connectivity index is 1.87. The van der Waals surface area contributed by atoms with E-state index >= 15 is 0 Å². The third-order valence-corrected chi connectivity index (χ3v) is 4.55. The zero-order chi connectivity index (χ0) is 18.6. The molecular weight excluding hydrogens is 352 g/mol. The fraction of sp³-hybridized carbons (Fsp3) is 0.0526. The van der Waals surface area contributed by atoms with Crippen LogP contribution in [0.3, 0.4) is 0 Å². The Kier molecular flexibility index (Phi) is 5.22. The van der Waals surface area contributed by atoms with Crippen LogP contribution in [0.2, 0.25) is 0 Å². The molecule has 3 aromatic carbocycles. The van der Waals surface area contributed by atoms with Crippen LogP contribution in [0, 0.1) is 12.1 Å². The summed E-state index contributed by atoms with van der Waals surface area (Å²) in [5.41, 5.74) is 3.33. The van der Waals surface area contributed by atoms with Crippen LogP contribution in [0.15, 0.2) is 65.6 Å². The van der Waals surface area contributed by atoms with E-state index in [1.54, 1.807) is 24.3 Å². The molecule has 0 saturated heterocycles. The number of nitrogens with one attached hydrogen (secondary N) is 2. The summed E-state index contributed by atoms with van der Waals surface area (Å²) in [5.74, 6) is 0. The first-order chi connectivity index (χ1) is 12.5. The highest BCUT2D eigenvalue weighted by atomic mass is 32.2. The van der Waals surface area contributed by atoms with Crippen LogP contribution >= 0.6 is 0 Å². The Hall–Kier alpha value is -2.87. The molecule has 0 unspecified atom stereocenters. The number of rotatable bonds is 6. The summed E-state index contributed by atoms with van der Waals surface area (Å²) in [6.07, 6.45) is 0. The van der Waals surface area contributed by atoms with E-state index in [2.05, 4.69) is 22.8 Å². The van der Waals surface area contributed by atoms with Crippen molar-refractivity contribution in [2.45, 2.75) is 11.5 Å². The van der Waals surface area contributed by atoms with Gasteiger partial charge in [0.25, 0.3) is 10.1 Å². The minimum Gasteiger partial charge on any atom is -0.392 e. The predicted octanol–water partition coefficient (Wildman–Crippen LogP) is 3.51. The van der Waals surface area contributed by atoms with Gasteiger partial charge < -0.3 is 15.7 Å². The maximum Gasteiger partial charge on any atom is 0.294 e. The second kappa shape index (κ2) is 7.57. The Bertz CT molecular complexity index is 988. The molecule has 0 spiro atoms. The minimum atomic E-state index is -4.23. The van der Waals surface area contributed by atoms with Crippen LogP contribution in [0.25, 0.3) is 0 Å². The molecule has 26 heavy (non-hydrogen) atoms. The topological polar surface area (TPSA) is 98.7 Å². The van der Waals surface area contributed by atoms with Crippen LogP contribution in [-0.4, -0.2) is 18.1 Å². The average Bonchev–Trinajstić information content (AvgIpc) is 2.63. The molecule has 0 saturated carbocycles. The SMILES string of the molecule is O=S(=O)(O)c1ccc(Nc2[c]ccc(Nc3cc[c]cc3)c2CO)cc1. The van der Waals surface area contributed by atoms with Crippen molar-refractivity contribution in [1.82, 2.24) is 0 Å². The average molecular weight is 368 g/mol. The lowest BCUT2D eigenvalue weighted by Crippen LogP contribution is -2.02. The molecule has 0 aliphatic carbocycles. The van der Waals surface area contributed by atoms with Gasteiger partial charge in [-0.3, -0.25) is 4.55 Å². The standard InChI is InChI=1S/C19H16N2O4S/c22-13-17-18(20-14-5-2-1-3-6-14)7-4-8-19(17)21-15-9-11-16(12-10-15)26(23,24)25/h2-7,9-12,20-22H,13H2,(H,23,24,25). The van der Waals surface area contributed by atoms with Crippen molar-refractivity contribution in [3.05, 3.63) is 78.4 Å². The van der Waals surface area contributed by atoms with E-state index in [9.17, 15) is 13.5 Å². The van der Waals surface area contributed by atoms with Gasteiger partial charge in [-0.2, -0.15) is 8.42 Å². The Morgan fingerprint density at radius 2 is 1.54 bits per heavy atom. The lowest BCUT2D eigenvalue weighted by molar-refractivity contribution is 0.283. The second-order valence-corrected chi connectivity index (χ2v) is 6.86. The number of hydrogen-bond acceptors (Lipinski definition) is 5. The molecule has 7 heteroatoms. The number of hydrogen-bond donors (Lipinski definition) is 4. The van der Waals surface area contributed by atoms with Gasteiger partial charge in [-0.1, -0.05) is 18.2 Å². The van der Waals surface area contributed by atoms with Gasteiger partial charge in [0.1, 0.15) is 0 Å². The molecule has 0 aromatic heterocycles. The second-order valence-electron chi connectivity index (χ2n) is 5.44.